The lowest BCUT2D eigenvalue weighted by Crippen LogP contribution is -2.48. The maximum absolute atomic E-state index is 12.7. The smallest absolute Gasteiger partial charge is 0.254 e. The number of hydrogen-bond donors (Lipinski definition) is 1. The van der Waals surface area contributed by atoms with Gasteiger partial charge in [-0.1, -0.05) is 18.7 Å². The van der Waals surface area contributed by atoms with Gasteiger partial charge in [0.2, 0.25) is 5.91 Å². The summed E-state index contributed by atoms with van der Waals surface area (Å²) in [5.74, 6) is -0.310. The van der Waals surface area contributed by atoms with Crippen molar-refractivity contribution in [3.63, 3.8) is 0 Å². The van der Waals surface area contributed by atoms with Crippen molar-refractivity contribution in [1.29, 1.82) is 0 Å². The number of carbonyl (C=O) groups is 2. The Labute approximate surface area is 153 Å². The van der Waals surface area contributed by atoms with Gasteiger partial charge in [-0.3, -0.25) is 19.5 Å². The molecule has 1 aliphatic heterocycles. The number of amides is 2. The van der Waals surface area contributed by atoms with Crippen LogP contribution in [0.15, 0.2) is 61.3 Å². The zero-order chi connectivity index (χ0) is 18.4. The van der Waals surface area contributed by atoms with Crippen molar-refractivity contribution in [2.75, 3.05) is 31.5 Å². The molecule has 6 nitrogen and oxygen atoms in total. The number of anilines is 1. The highest BCUT2D eigenvalue weighted by Crippen LogP contribution is 2.15. The number of pyridine rings is 1. The average Bonchev–Trinajstić information content (AvgIpc) is 2.69. The van der Waals surface area contributed by atoms with Crippen molar-refractivity contribution < 1.29 is 9.59 Å². The van der Waals surface area contributed by atoms with E-state index in [0.717, 1.165) is 25.3 Å². The number of carbonyl (C=O) groups excluding carboxylic acids is 2. The molecule has 3 rings (SSSR count). The number of nitrogens with zero attached hydrogens (tertiary/aromatic N) is 3. The molecule has 2 amide bonds. The van der Waals surface area contributed by atoms with Crippen LogP contribution < -0.4 is 5.32 Å². The van der Waals surface area contributed by atoms with E-state index in [1.807, 2.05) is 23.1 Å². The van der Waals surface area contributed by atoms with Gasteiger partial charge in [-0.15, -0.1) is 0 Å². The van der Waals surface area contributed by atoms with Crippen LogP contribution in [0.5, 0.6) is 0 Å². The molecule has 0 atom stereocenters. The minimum Gasteiger partial charge on any atom is -0.336 e. The Bertz CT molecular complexity index is 783. The first-order valence-corrected chi connectivity index (χ1v) is 8.61. The van der Waals surface area contributed by atoms with Gasteiger partial charge in [0.15, 0.2) is 0 Å². The molecule has 1 aliphatic rings. The maximum atomic E-state index is 12.7. The third-order valence-electron chi connectivity index (χ3n) is 4.33. The highest BCUT2D eigenvalue weighted by atomic mass is 16.2. The number of piperazine rings is 1. The number of nitrogens with one attached hydrogen (secondary N) is 1. The summed E-state index contributed by atoms with van der Waals surface area (Å²) < 4.78 is 0. The van der Waals surface area contributed by atoms with E-state index in [1.165, 1.54) is 6.08 Å². The Balaban J connectivity index is 1.57. The quantitative estimate of drug-likeness (QED) is 0.840. The van der Waals surface area contributed by atoms with Crippen LogP contribution in [0.4, 0.5) is 5.69 Å². The summed E-state index contributed by atoms with van der Waals surface area (Å²) in [7, 11) is 0. The molecule has 1 saturated heterocycles. The first kappa shape index (κ1) is 17.8. The Morgan fingerprint density at radius 2 is 1.92 bits per heavy atom. The molecule has 0 spiro atoms. The molecule has 0 bridgehead atoms. The summed E-state index contributed by atoms with van der Waals surface area (Å²) in [6.07, 6.45) is 3.00. The second kappa shape index (κ2) is 8.40. The maximum Gasteiger partial charge on any atom is 0.254 e. The monoisotopic (exact) mass is 350 g/mol. The molecule has 2 heterocycles. The minimum absolute atomic E-state index is 0.0165. The van der Waals surface area contributed by atoms with Crippen LogP contribution in [0.3, 0.4) is 0 Å². The molecule has 0 unspecified atom stereocenters. The molecule has 1 aromatic carbocycles. The van der Waals surface area contributed by atoms with Crippen LogP contribution in [0.2, 0.25) is 0 Å². The second-order valence-corrected chi connectivity index (χ2v) is 6.16. The fourth-order valence-electron chi connectivity index (χ4n) is 2.94. The van der Waals surface area contributed by atoms with Gasteiger partial charge in [0, 0.05) is 50.2 Å². The number of benzene rings is 1. The fraction of sp³-hybridized carbons (Fsp3) is 0.250. The lowest BCUT2D eigenvalue weighted by Gasteiger charge is -2.34. The summed E-state index contributed by atoms with van der Waals surface area (Å²) in [4.78, 5) is 32.6. The molecular formula is C20H22N4O2. The Kier molecular flexibility index (Phi) is 5.76. The van der Waals surface area contributed by atoms with Gasteiger partial charge in [0.05, 0.1) is 5.69 Å². The normalized spacial score (nSPS) is 14.7. The Morgan fingerprint density at radius 3 is 2.62 bits per heavy atom. The highest BCUT2D eigenvalue weighted by molar-refractivity contribution is 6.00. The zero-order valence-corrected chi connectivity index (χ0v) is 14.6. The summed E-state index contributed by atoms with van der Waals surface area (Å²) in [6.45, 7) is 7.21. The highest BCUT2D eigenvalue weighted by Gasteiger charge is 2.22. The van der Waals surface area contributed by atoms with Crippen LogP contribution in [-0.4, -0.2) is 52.8 Å². The Hall–Kier alpha value is -2.99. The van der Waals surface area contributed by atoms with E-state index in [0.29, 0.717) is 24.3 Å². The molecule has 0 aliphatic carbocycles. The largest absolute Gasteiger partial charge is 0.336 e. The van der Waals surface area contributed by atoms with Crippen molar-refractivity contribution >= 4 is 17.5 Å². The lowest BCUT2D eigenvalue weighted by atomic mass is 10.1. The zero-order valence-electron chi connectivity index (χ0n) is 14.6. The van der Waals surface area contributed by atoms with E-state index in [-0.39, 0.29) is 11.8 Å². The third kappa shape index (κ3) is 4.55. The molecule has 0 saturated carbocycles. The minimum atomic E-state index is -0.294. The standard InChI is InChI=1S/C20H22N4O2/c1-2-19(25)22-17-8-5-6-16(14-17)20(26)24-12-10-23(11-13-24)15-18-7-3-4-9-21-18/h2-9,14H,1,10-13,15H2,(H,22,25). The molecule has 26 heavy (non-hydrogen) atoms. The summed E-state index contributed by atoms with van der Waals surface area (Å²) in [5, 5.41) is 2.68. The van der Waals surface area contributed by atoms with Crippen LogP contribution in [0.25, 0.3) is 0 Å². The molecule has 1 fully saturated rings. The predicted octanol–water partition coefficient (Wildman–Crippen LogP) is 2.16. The van der Waals surface area contributed by atoms with Gasteiger partial charge >= 0.3 is 0 Å². The number of hydrogen-bond acceptors (Lipinski definition) is 4. The first-order chi connectivity index (χ1) is 12.7. The second-order valence-electron chi connectivity index (χ2n) is 6.16. The molecule has 1 aromatic heterocycles. The Morgan fingerprint density at radius 1 is 1.12 bits per heavy atom. The fourth-order valence-corrected chi connectivity index (χ4v) is 2.94. The third-order valence-corrected chi connectivity index (χ3v) is 4.33. The molecule has 2 aromatic rings. The molecule has 0 radical (unpaired) electrons. The van der Waals surface area contributed by atoms with E-state index in [4.69, 9.17) is 0 Å². The van der Waals surface area contributed by atoms with Crippen LogP contribution in [-0.2, 0) is 11.3 Å². The predicted molar refractivity (Wildman–Crippen MR) is 101 cm³/mol. The summed E-state index contributed by atoms with van der Waals surface area (Å²) in [6, 6.07) is 12.9. The van der Waals surface area contributed by atoms with Gasteiger partial charge in [-0.05, 0) is 36.4 Å². The van der Waals surface area contributed by atoms with Crippen LogP contribution in [0.1, 0.15) is 16.1 Å². The number of aromatic nitrogens is 1. The molecular weight excluding hydrogens is 328 g/mol. The van der Waals surface area contributed by atoms with E-state index >= 15 is 0 Å². The first-order valence-electron chi connectivity index (χ1n) is 8.61. The topological polar surface area (TPSA) is 65.5 Å². The van der Waals surface area contributed by atoms with Gasteiger partial charge in [0.25, 0.3) is 5.91 Å². The average molecular weight is 350 g/mol. The van der Waals surface area contributed by atoms with Crippen molar-refractivity contribution in [3.8, 4) is 0 Å². The van der Waals surface area contributed by atoms with E-state index in [1.54, 1.807) is 30.5 Å². The van der Waals surface area contributed by atoms with Gasteiger partial charge in [-0.2, -0.15) is 0 Å². The summed E-state index contributed by atoms with van der Waals surface area (Å²) >= 11 is 0. The van der Waals surface area contributed by atoms with Crippen molar-refractivity contribution in [1.82, 2.24) is 14.8 Å². The molecule has 6 heteroatoms. The van der Waals surface area contributed by atoms with Crippen molar-refractivity contribution in [2.24, 2.45) is 0 Å². The lowest BCUT2D eigenvalue weighted by molar-refractivity contribution is -0.111. The SMILES string of the molecule is C=CC(=O)Nc1cccc(C(=O)N2CCN(Cc3ccccn3)CC2)c1. The number of rotatable bonds is 5. The summed E-state index contributed by atoms with van der Waals surface area (Å²) in [5.41, 5.74) is 2.21. The van der Waals surface area contributed by atoms with E-state index < -0.39 is 0 Å². The van der Waals surface area contributed by atoms with Crippen molar-refractivity contribution in [3.05, 3.63) is 72.6 Å². The van der Waals surface area contributed by atoms with Gasteiger partial charge in [0.1, 0.15) is 0 Å². The van der Waals surface area contributed by atoms with E-state index in [9.17, 15) is 9.59 Å². The van der Waals surface area contributed by atoms with Crippen LogP contribution in [0, 0.1) is 0 Å². The van der Waals surface area contributed by atoms with Gasteiger partial charge < -0.3 is 10.2 Å². The van der Waals surface area contributed by atoms with Gasteiger partial charge in [-0.25, -0.2) is 0 Å². The molecule has 134 valence electrons. The van der Waals surface area contributed by atoms with Crippen molar-refractivity contribution in [2.45, 2.75) is 6.54 Å². The van der Waals surface area contributed by atoms with Crippen LogP contribution >= 0.6 is 0 Å². The van der Waals surface area contributed by atoms with E-state index in [2.05, 4.69) is 21.8 Å². The molecule has 1 N–H and O–H groups in total.